The van der Waals surface area contributed by atoms with Gasteiger partial charge in [-0.2, -0.15) is 0 Å². The first kappa shape index (κ1) is 21.5. The minimum absolute atomic E-state index is 0.143. The van der Waals surface area contributed by atoms with Crippen molar-refractivity contribution in [3.05, 3.63) is 59.2 Å². The summed E-state index contributed by atoms with van der Waals surface area (Å²) in [7, 11) is 0. The molecule has 28 heavy (non-hydrogen) atoms. The van der Waals surface area contributed by atoms with Crippen molar-refractivity contribution in [1.29, 1.82) is 0 Å². The zero-order chi connectivity index (χ0) is 20.7. The second-order valence-corrected chi connectivity index (χ2v) is 7.21. The van der Waals surface area contributed by atoms with E-state index in [-0.39, 0.29) is 24.3 Å². The molecule has 1 N–H and O–H groups in total. The molecule has 0 saturated heterocycles. The molecule has 0 radical (unpaired) electrons. The molecule has 0 fully saturated rings. The van der Waals surface area contributed by atoms with Crippen molar-refractivity contribution < 1.29 is 19.1 Å². The van der Waals surface area contributed by atoms with Crippen molar-refractivity contribution in [2.75, 3.05) is 18.5 Å². The van der Waals surface area contributed by atoms with E-state index < -0.39 is 5.97 Å². The molecular formula is C23H29NO4. The molecule has 1 amide bonds. The van der Waals surface area contributed by atoms with Gasteiger partial charge in [0.25, 0.3) is 5.91 Å². The van der Waals surface area contributed by atoms with E-state index in [1.165, 1.54) is 0 Å². The summed E-state index contributed by atoms with van der Waals surface area (Å²) in [6, 6.07) is 12.7. The average Bonchev–Trinajstić information content (AvgIpc) is 2.66. The number of benzene rings is 2. The van der Waals surface area contributed by atoms with Gasteiger partial charge in [-0.05, 0) is 48.1 Å². The normalized spacial score (nSPS) is 10.8. The second kappa shape index (κ2) is 9.93. The minimum Gasteiger partial charge on any atom is -0.484 e. The van der Waals surface area contributed by atoms with Gasteiger partial charge in [0.1, 0.15) is 5.75 Å². The lowest BCUT2D eigenvalue weighted by molar-refractivity contribution is -0.118. The maximum Gasteiger partial charge on any atom is 0.338 e. The highest BCUT2D eigenvalue weighted by Gasteiger charge is 2.16. The van der Waals surface area contributed by atoms with Crippen molar-refractivity contribution in [2.24, 2.45) is 0 Å². The van der Waals surface area contributed by atoms with Crippen LogP contribution in [0, 0.1) is 0 Å². The molecule has 0 aliphatic rings. The van der Waals surface area contributed by atoms with E-state index in [0.717, 1.165) is 16.8 Å². The smallest absolute Gasteiger partial charge is 0.338 e. The van der Waals surface area contributed by atoms with Crippen LogP contribution < -0.4 is 10.1 Å². The fourth-order valence-electron chi connectivity index (χ4n) is 2.95. The molecule has 2 rings (SSSR count). The van der Waals surface area contributed by atoms with Crippen LogP contribution in [0.2, 0.25) is 0 Å². The molecule has 0 saturated carbocycles. The minimum atomic E-state index is -0.412. The summed E-state index contributed by atoms with van der Waals surface area (Å²) in [6.07, 6.45) is 0. The maximum atomic E-state index is 12.5. The molecule has 150 valence electrons. The first-order chi connectivity index (χ1) is 13.3. The number of carbonyl (C=O) groups excluding carboxylic acids is 2. The molecule has 2 aromatic carbocycles. The van der Waals surface area contributed by atoms with Crippen molar-refractivity contribution in [3.8, 4) is 5.75 Å². The molecule has 2 aromatic rings. The molecule has 5 nitrogen and oxygen atoms in total. The van der Waals surface area contributed by atoms with Gasteiger partial charge in [0.2, 0.25) is 0 Å². The number of nitrogens with one attached hydrogen (secondary N) is 1. The predicted molar refractivity (Wildman–Crippen MR) is 111 cm³/mol. The van der Waals surface area contributed by atoms with Crippen LogP contribution >= 0.6 is 0 Å². The van der Waals surface area contributed by atoms with Crippen molar-refractivity contribution in [2.45, 2.75) is 46.5 Å². The lowest BCUT2D eigenvalue weighted by Gasteiger charge is -2.20. The number of anilines is 1. The fourth-order valence-corrected chi connectivity index (χ4v) is 2.95. The van der Waals surface area contributed by atoms with Gasteiger partial charge in [-0.25, -0.2) is 4.79 Å². The van der Waals surface area contributed by atoms with Crippen molar-refractivity contribution in [1.82, 2.24) is 0 Å². The number of amides is 1. The number of hydrogen-bond acceptors (Lipinski definition) is 4. The zero-order valence-corrected chi connectivity index (χ0v) is 17.2. The van der Waals surface area contributed by atoms with Gasteiger partial charge in [0.15, 0.2) is 6.61 Å². The van der Waals surface area contributed by atoms with Gasteiger partial charge in [-0.1, -0.05) is 52.0 Å². The van der Waals surface area contributed by atoms with E-state index in [2.05, 4.69) is 33.0 Å². The van der Waals surface area contributed by atoms with Crippen LogP contribution in [0.3, 0.4) is 0 Å². The number of rotatable bonds is 8. The Balaban J connectivity index is 2.10. The molecule has 0 bridgehead atoms. The summed E-state index contributed by atoms with van der Waals surface area (Å²) < 4.78 is 10.6. The van der Waals surface area contributed by atoms with Gasteiger partial charge in [0, 0.05) is 5.69 Å². The topological polar surface area (TPSA) is 64.6 Å². The third-order valence-corrected chi connectivity index (χ3v) is 4.35. The maximum absolute atomic E-state index is 12.5. The highest BCUT2D eigenvalue weighted by molar-refractivity contribution is 5.94. The molecule has 0 unspecified atom stereocenters. The van der Waals surface area contributed by atoms with Gasteiger partial charge < -0.3 is 14.8 Å². The quantitative estimate of drug-likeness (QED) is 0.642. The molecule has 0 aliphatic carbocycles. The number of carbonyl (C=O) groups is 2. The Kier molecular flexibility index (Phi) is 7.61. The SMILES string of the molecule is CCOC(=O)c1cccc(OCC(=O)Nc2c(C(C)C)cccc2C(C)C)c1. The molecule has 0 spiro atoms. The summed E-state index contributed by atoms with van der Waals surface area (Å²) in [6.45, 7) is 10.3. The van der Waals surface area contributed by atoms with E-state index in [1.807, 2.05) is 18.2 Å². The summed E-state index contributed by atoms with van der Waals surface area (Å²) in [5.74, 6) is 0.371. The van der Waals surface area contributed by atoms with E-state index in [4.69, 9.17) is 9.47 Å². The number of hydrogen-bond donors (Lipinski definition) is 1. The Bertz CT molecular complexity index is 801. The van der Waals surface area contributed by atoms with Gasteiger partial charge in [-0.15, -0.1) is 0 Å². The van der Waals surface area contributed by atoms with Crippen molar-refractivity contribution in [3.63, 3.8) is 0 Å². The molecular weight excluding hydrogens is 354 g/mol. The van der Waals surface area contributed by atoms with E-state index in [1.54, 1.807) is 31.2 Å². The molecule has 0 aromatic heterocycles. The van der Waals surface area contributed by atoms with Crippen LogP contribution in [0.4, 0.5) is 5.69 Å². The van der Waals surface area contributed by atoms with E-state index in [9.17, 15) is 9.59 Å². The van der Waals surface area contributed by atoms with Crippen LogP contribution in [-0.4, -0.2) is 25.1 Å². The molecule has 0 atom stereocenters. The lowest BCUT2D eigenvalue weighted by Crippen LogP contribution is -2.22. The van der Waals surface area contributed by atoms with Crippen LogP contribution in [-0.2, 0) is 9.53 Å². The van der Waals surface area contributed by atoms with Crippen molar-refractivity contribution >= 4 is 17.6 Å². The van der Waals surface area contributed by atoms with E-state index in [0.29, 0.717) is 17.9 Å². The van der Waals surface area contributed by atoms with Crippen LogP contribution in [0.15, 0.2) is 42.5 Å². The number of esters is 1. The monoisotopic (exact) mass is 383 g/mol. The van der Waals surface area contributed by atoms with Crippen LogP contribution in [0.5, 0.6) is 5.75 Å². The first-order valence-corrected chi connectivity index (χ1v) is 9.66. The Morgan fingerprint density at radius 3 is 2.14 bits per heavy atom. The fraction of sp³-hybridized carbons (Fsp3) is 0.391. The van der Waals surface area contributed by atoms with Gasteiger partial charge in [0.05, 0.1) is 12.2 Å². The third kappa shape index (κ3) is 5.59. The van der Waals surface area contributed by atoms with E-state index >= 15 is 0 Å². The first-order valence-electron chi connectivity index (χ1n) is 9.66. The Morgan fingerprint density at radius 2 is 1.57 bits per heavy atom. The average molecular weight is 383 g/mol. The highest BCUT2D eigenvalue weighted by atomic mass is 16.5. The third-order valence-electron chi connectivity index (χ3n) is 4.35. The molecule has 0 aliphatic heterocycles. The standard InChI is InChI=1S/C23H29NO4/c1-6-27-23(26)17-9-7-10-18(13-17)28-14-21(25)24-22-19(15(2)3)11-8-12-20(22)16(4)5/h7-13,15-16H,6,14H2,1-5H3,(H,24,25). The Labute approximate surface area is 167 Å². The van der Waals surface area contributed by atoms with Crippen LogP contribution in [0.1, 0.15) is 67.9 Å². The van der Waals surface area contributed by atoms with Gasteiger partial charge in [-0.3, -0.25) is 4.79 Å². The predicted octanol–water partition coefficient (Wildman–Crippen LogP) is 5.13. The summed E-state index contributed by atoms with van der Waals surface area (Å²) in [5.41, 5.74) is 3.46. The summed E-state index contributed by atoms with van der Waals surface area (Å²) in [5, 5.41) is 3.01. The zero-order valence-electron chi connectivity index (χ0n) is 17.2. The Hall–Kier alpha value is -2.82. The van der Waals surface area contributed by atoms with Crippen LogP contribution in [0.25, 0.3) is 0 Å². The summed E-state index contributed by atoms with van der Waals surface area (Å²) in [4.78, 5) is 24.4. The lowest BCUT2D eigenvalue weighted by atomic mass is 9.92. The number of ether oxygens (including phenoxy) is 2. The molecule has 0 heterocycles. The summed E-state index contributed by atoms with van der Waals surface area (Å²) >= 11 is 0. The second-order valence-electron chi connectivity index (χ2n) is 7.21. The Morgan fingerprint density at radius 1 is 0.964 bits per heavy atom. The molecule has 5 heteroatoms. The highest BCUT2D eigenvalue weighted by Crippen LogP contribution is 2.32. The largest absolute Gasteiger partial charge is 0.484 e. The number of para-hydroxylation sites is 1. The van der Waals surface area contributed by atoms with Gasteiger partial charge >= 0.3 is 5.97 Å².